The van der Waals surface area contributed by atoms with E-state index in [9.17, 15) is 9.59 Å². The van der Waals surface area contributed by atoms with Crippen molar-refractivity contribution >= 4 is 11.8 Å². The minimum absolute atomic E-state index is 0.0609. The molecule has 5 nitrogen and oxygen atoms in total. The van der Waals surface area contributed by atoms with E-state index in [4.69, 9.17) is 0 Å². The smallest absolute Gasteiger partial charge is 0.234 e. The van der Waals surface area contributed by atoms with Gasteiger partial charge in [-0.15, -0.1) is 0 Å². The summed E-state index contributed by atoms with van der Waals surface area (Å²) < 4.78 is 0. The zero-order valence-corrected chi connectivity index (χ0v) is 16.8. The van der Waals surface area contributed by atoms with E-state index < -0.39 is 0 Å². The maximum Gasteiger partial charge on any atom is 0.234 e. The number of nitrogens with zero attached hydrogens (tertiary/aromatic N) is 2. The monoisotopic (exact) mass is 391 g/mol. The SMILES string of the molecule is O=C(CN1CC[C@@H](c2ccccc2)C1)NCc1ccccc1CN1CCCC1=O. The number of hydrogen-bond acceptors (Lipinski definition) is 3. The van der Waals surface area contributed by atoms with E-state index in [0.717, 1.165) is 43.6 Å². The van der Waals surface area contributed by atoms with Crippen molar-refractivity contribution in [3.05, 3.63) is 71.3 Å². The summed E-state index contributed by atoms with van der Waals surface area (Å²) in [7, 11) is 0. The Labute approximate surface area is 172 Å². The summed E-state index contributed by atoms with van der Waals surface area (Å²) in [4.78, 5) is 28.6. The molecule has 0 spiro atoms. The minimum atomic E-state index is 0.0609. The first-order valence-corrected chi connectivity index (χ1v) is 10.6. The van der Waals surface area contributed by atoms with E-state index in [1.165, 1.54) is 5.56 Å². The number of carbonyl (C=O) groups excluding carboxylic acids is 2. The van der Waals surface area contributed by atoms with Gasteiger partial charge in [0.2, 0.25) is 11.8 Å². The van der Waals surface area contributed by atoms with Crippen LogP contribution in [0.2, 0.25) is 0 Å². The van der Waals surface area contributed by atoms with Crippen LogP contribution in [0.25, 0.3) is 0 Å². The molecule has 2 amide bonds. The summed E-state index contributed by atoms with van der Waals surface area (Å²) in [6.45, 7) is 4.31. The molecule has 0 aliphatic carbocycles. The zero-order chi connectivity index (χ0) is 20.1. The van der Waals surface area contributed by atoms with Gasteiger partial charge in [0, 0.05) is 32.6 Å². The number of carbonyl (C=O) groups is 2. The topological polar surface area (TPSA) is 52.7 Å². The fourth-order valence-electron chi connectivity index (χ4n) is 4.39. The molecule has 1 N–H and O–H groups in total. The summed E-state index contributed by atoms with van der Waals surface area (Å²) in [5.41, 5.74) is 3.57. The van der Waals surface area contributed by atoms with Gasteiger partial charge < -0.3 is 10.2 Å². The average Bonchev–Trinajstić information content (AvgIpc) is 3.37. The predicted octanol–water partition coefficient (Wildman–Crippen LogP) is 2.91. The first-order valence-electron chi connectivity index (χ1n) is 10.6. The lowest BCUT2D eigenvalue weighted by Crippen LogP contribution is -2.36. The molecule has 5 heteroatoms. The molecular formula is C24H29N3O2. The molecule has 0 radical (unpaired) electrons. The molecule has 1 atom stereocenters. The van der Waals surface area contributed by atoms with Crippen LogP contribution >= 0.6 is 0 Å². The van der Waals surface area contributed by atoms with Crippen LogP contribution in [0.1, 0.15) is 41.9 Å². The molecule has 29 heavy (non-hydrogen) atoms. The van der Waals surface area contributed by atoms with Crippen molar-refractivity contribution in [3.8, 4) is 0 Å². The Hall–Kier alpha value is -2.66. The minimum Gasteiger partial charge on any atom is -0.351 e. The molecule has 0 aromatic heterocycles. The molecular weight excluding hydrogens is 362 g/mol. The summed E-state index contributed by atoms with van der Waals surface area (Å²) >= 11 is 0. The van der Waals surface area contributed by atoms with Crippen molar-refractivity contribution in [3.63, 3.8) is 0 Å². The third-order valence-corrected chi connectivity index (χ3v) is 6.04. The summed E-state index contributed by atoms with van der Waals surface area (Å²) in [5, 5.41) is 3.07. The number of likely N-dealkylation sites (tertiary alicyclic amines) is 2. The third kappa shape index (κ3) is 5.04. The standard InChI is InChI=1S/C24H29N3O2/c28-23(18-26-14-12-22(16-26)19-7-2-1-3-8-19)25-15-20-9-4-5-10-21(20)17-27-13-6-11-24(27)29/h1-5,7-10,22H,6,11-18H2,(H,25,28)/t22-/m1/s1. The molecule has 2 aromatic carbocycles. The summed E-state index contributed by atoms with van der Waals surface area (Å²) in [6, 6.07) is 18.6. The van der Waals surface area contributed by atoms with Gasteiger partial charge in [-0.25, -0.2) is 0 Å². The normalized spacial score (nSPS) is 19.7. The van der Waals surface area contributed by atoms with Crippen LogP contribution in [0, 0.1) is 0 Å². The second-order valence-electron chi connectivity index (χ2n) is 8.10. The van der Waals surface area contributed by atoms with Gasteiger partial charge in [-0.3, -0.25) is 14.5 Å². The van der Waals surface area contributed by atoms with E-state index in [2.05, 4.69) is 40.5 Å². The molecule has 2 heterocycles. The van der Waals surface area contributed by atoms with Gasteiger partial charge in [-0.2, -0.15) is 0 Å². The summed E-state index contributed by atoms with van der Waals surface area (Å²) in [6.07, 6.45) is 2.69. The number of rotatable bonds is 7. The Bertz CT molecular complexity index is 852. The number of nitrogens with one attached hydrogen (secondary N) is 1. The Morgan fingerprint density at radius 3 is 2.52 bits per heavy atom. The highest BCUT2D eigenvalue weighted by atomic mass is 16.2. The average molecular weight is 392 g/mol. The van der Waals surface area contributed by atoms with Gasteiger partial charge in [-0.1, -0.05) is 54.6 Å². The maximum absolute atomic E-state index is 12.5. The van der Waals surface area contributed by atoms with Crippen LogP contribution in [0.15, 0.2) is 54.6 Å². The second-order valence-corrected chi connectivity index (χ2v) is 8.10. The molecule has 0 bridgehead atoms. The first-order chi connectivity index (χ1) is 14.2. The molecule has 0 unspecified atom stereocenters. The van der Waals surface area contributed by atoms with E-state index >= 15 is 0 Å². The van der Waals surface area contributed by atoms with Crippen LogP contribution in [0.4, 0.5) is 0 Å². The van der Waals surface area contributed by atoms with Crippen molar-refractivity contribution in [1.29, 1.82) is 0 Å². The van der Waals surface area contributed by atoms with Crippen molar-refractivity contribution in [2.24, 2.45) is 0 Å². The zero-order valence-electron chi connectivity index (χ0n) is 16.8. The highest BCUT2D eigenvalue weighted by molar-refractivity contribution is 5.78. The Kier molecular flexibility index (Phi) is 6.25. The van der Waals surface area contributed by atoms with Crippen molar-refractivity contribution in [2.45, 2.75) is 38.3 Å². The first kappa shape index (κ1) is 19.6. The lowest BCUT2D eigenvalue weighted by atomic mass is 9.99. The maximum atomic E-state index is 12.5. The highest BCUT2D eigenvalue weighted by Gasteiger charge is 2.25. The predicted molar refractivity (Wildman–Crippen MR) is 113 cm³/mol. The molecule has 2 aliphatic heterocycles. The highest BCUT2D eigenvalue weighted by Crippen LogP contribution is 2.26. The van der Waals surface area contributed by atoms with E-state index in [0.29, 0.717) is 32.0 Å². The molecule has 0 saturated carbocycles. The molecule has 2 aliphatic rings. The quantitative estimate of drug-likeness (QED) is 0.790. The lowest BCUT2D eigenvalue weighted by Gasteiger charge is -2.19. The van der Waals surface area contributed by atoms with Gasteiger partial charge in [0.05, 0.1) is 6.54 Å². The Balaban J connectivity index is 1.27. The van der Waals surface area contributed by atoms with Gasteiger partial charge >= 0.3 is 0 Å². The number of amides is 2. The van der Waals surface area contributed by atoms with E-state index in [-0.39, 0.29) is 11.8 Å². The van der Waals surface area contributed by atoms with Crippen LogP contribution in [-0.2, 0) is 22.7 Å². The van der Waals surface area contributed by atoms with Crippen LogP contribution in [0.3, 0.4) is 0 Å². The molecule has 2 fully saturated rings. The molecule has 2 saturated heterocycles. The van der Waals surface area contributed by atoms with Gasteiger partial charge in [0.25, 0.3) is 0 Å². The van der Waals surface area contributed by atoms with Crippen molar-refractivity contribution < 1.29 is 9.59 Å². The van der Waals surface area contributed by atoms with Crippen LogP contribution in [-0.4, -0.2) is 47.8 Å². The number of hydrogen-bond donors (Lipinski definition) is 1. The van der Waals surface area contributed by atoms with Gasteiger partial charge in [0.15, 0.2) is 0 Å². The fourth-order valence-corrected chi connectivity index (χ4v) is 4.39. The third-order valence-electron chi connectivity index (χ3n) is 6.04. The fraction of sp³-hybridized carbons (Fsp3) is 0.417. The van der Waals surface area contributed by atoms with Gasteiger partial charge in [0.1, 0.15) is 0 Å². The van der Waals surface area contributed by atoms with Crippen molar-refractivity contribution in [2.75, 3.05) is 26.2 Å². The van der Waals surface area contributed by atoms with Gasteiger partial charge in [-0.05, 0) is 42.0 Å². The largest absolute Gasteiger partial charge is 0.351 e. The molecule has 152 valence electrons. The van der Waals surface area contributed by atoms with Crippen LogP contribution < -0.4 is 5.32 Å². The number of benzene rings is 2. The Morgan fingerprint density at radius 1 is 1.00 bits per heavy atom. The molecule has 2 aromatic rings. The summed E-state index contributed by atoms with van der Waals surface area (Å²) in [5.74, 6) is 0.805. The van der Waals surface area contributed by atoms with E-state index in [1.54, 1.807) is 0 Å². The van der Waals surface area contributed by atoms with Crippen molar-refractivity contribution in [1.82, 2.24) is 15.1 Å². The molecule has 4 rings (SSSR count). The van der Waals surface area contributed by atoms with Crippen LogP contribution in [0.5, 0.6) is 0 Å². The Morgan fingerprint density at radius 2 is 1.76 bits per heavy atom. The van der Waals surface area contributed by atoms with E-state index in [1.807, 2.05) is 29.2 Å². The lowest BCUT2D eigenvalue weighted by molar-refractivity contribution is -0.128. The second kappa shape index (κ2) is 9.23.